The van der Waals surface area contributed by atoms with E-state index in [0.29, 0.717) is 12.0 Å². The summed E-state index contributed by atoms with van der Waals surface area (Å²) in [6.07, 6.45) is -1.47. The smallest absolute Gasteiger partial charge is 0.129 e. The summed E-state index contributed by atoms with van der Waals surface area (Å²) in [7, 11) is 0. The van der Waals surface area contributed by atoms with E-state index in [9.17, 15) is 9.50 Å². The predicted molar refractivity (Wildman–Crippen MR) is 56.5 cm³/mol. The first-order chi connectivity index (χ1) is 7.61. The van der Waals surface area contributed by atoms with Crippen molar-refractivity contribution in [1.29, 1.82) is 0 Å². The second kappa shape index (κ2) is 4.49. The second-order valence-corrected chi connectivity index (χ2v) is 4.17. The van der Waals surface area contributed by atoms with Crippen LogP contribution < -0.4 is 0 Å². The molecule has 1 aromatic carbocycles. The van der Waals surface area contributed by atoms with E-state index in [1.165, 1.54) is 6.07 Å². The normalized spacial score (nSPS) is 29.6. The summed E-state index contributed by atoms with van der Waals surface area (Å²) in [6, 6.07) is 4.80. The molecule has 1 aliphatic heterocycles. The number of benzene rings is 1. The number of aryl methyl sites for hydroxylation is 1. The molecule has 0 radical (unpaired) electrons. The lowest BCUT2D eigenvalue weighted by Crippen LogP contribution is -2.24. The predicted octanol–water partition coefficient (Wildman–Crippen LogP) is 1.32. The lowest BCUT2D eigenvalue weighted by Gasteiger charge is -2.13. The van der Waals surface area contributed by atoms with Crippen LogP contribution in [0.3, 0.4) is 0 Å². The number of ether oxygens (including phenoxy) is 1. The first-order valence-electron chi connectivity index (χ1n) is 5.32. The third kappa shape index (κ3) is 2.09. The van der Waals surface area contributed by atoms with Gasteiger partial charge in [0.25, 0.3) is 0 Å². The van der Waals surface area contributed by atoms with Crippen LogP contribution in [0.1, 0.15) is 23.7 Å². The number of aliphatic hydroxyl groups is 2. The number of halogens is 1. The number of rotatable bonds is 2. The van der Waals surface area contributed by atoms with Crippen LogP contribution in [-0.4, -0.2) is 29.0 Å². The number of hydrogen-bond donors (Lipinski definition) is 2. The van der Waals surface area contributed by atoms with Crippen LogP contribution in [0.2, 0.25) is 0 Å². The summed E-state index contributed by atoms with van der Waals surface area (Å²) < 4.78 is 19.0. The minimum absolute atomic E-state index is 0.245. The highest BCUT2D eigenvalue weighted by Crippen LogP contribution is 2.34. The Balaban J connectivity index is 2.22. The van der Waals surface area contributed by atoms with E-state index in [0.717, 1.165) is 5.56 Å². The quantitative estimate of drug-likeness (QED) is 0.799. The van der Waals surface area contributed by atoms with Crippen molar-refractivity contribution >= 4 is 0 Å². The van der Waals surface area contributed by atoms with Gasteiger partial charge in [0.15, 0.2) is 0 Å². The largest absolute Gasteiger partial charge is 0.394 e. The van der Waals surface area contributed by atoms with Gasteiger partial charge in [0.05, 0.1) is 18.8 Å². The van der Waals surface area contributed by atoms with Crippen molar-refractivity contribution < 1.29 is 19.3 Å². The van der Waals surface area contributed by atoms with Gasteiger partial charge in [-0.3, -0.25) is 0 Å². The molecule has 4 heteroatoms. The standard InChI is InChI=1S/C12H15FO3/c1-7-2-3-9(13)8(4-7)11-5-10(15)12(6-14)16-11/h2-4,10-12,14-15H,5-6H2,1H3/t10-,11+,12+/m0/s1. The molecule has 3 nitrogen and oxygen atoms in total. The van der Waals surface area contributed by atoms with E-state index in [2.05, 4.69) is 0 Å². The first kappa shape index (κ1) is 11.5. The summed E-state index contributed by atoms with van der Waals surface area (Å²) in [5.41, 5.74) is 1.40. The van der Waals surface area contributed by atoms with E-state index in [4.69, 9.17) is 9.84 Å². The van der Waals surface area contributed by atoms with Crippen LogP contribution in [0, 0.1) is 12.7 Å². The van der Waals surface area contributed by atoms with Crippen LogP contribution in [0.15, 0.2) is 18.2 Å². The maximum Gasteiger partial charge on any atom is 0.129 e. The van der Waals surface area contributed by atoms with Gasteiger partial charge in [-0.05, 0) is 13.0 Å². The summed E-state index contributed by atoms with van der Waals surface area (Å²) in [5.74, 6) is -0.332. The molecule has 0 aromatic heterocycles. The molecule has 0 amide bonds. The zero-order valence-electron chi connectivity index (χ0n) is 9.06. The molecule has 2 rings (SSSR count). The highest BCUT2D eigenvalue weighted by Gasteiger charge is 2.35. The Hall–Kier alpha value is -0.970. The Morgan fingerprint density at radius 2 is 2.25 bits per heavy atom. The van der Waals surface area contributed by atoms with Crippen molar-refractivity contribution in [2.75, 3.05) is 6.61 Å². The summed E-state index contributed by atoms with van der Waals surface area (Å²) in [5, 5.41) is 18.5. The van der Waals surface area contributed by atoms with Crippen molar-refractivity contribution in [3.63, 3.8) is 0 Å². The maximum atomic E-state index is 13.6. The Kier molecular flexibility index (Phi) is 3.23. The van der Waals surface area contributed by atoms with Crippen LogP contribution in [0.25, 0.3) is 0 Å². The zero-order valence-corrected chi connectivity index (χ0v) is 9.06. The van der Waals surface area contributed by atoms with Gasteiger partial charge >= 0.3 is 0 Å². The van der Waals surface area contributed by atoms with Crippen LogP contribution >= 0.6 is 0 Å². The van der Waals surface area contributed by atoms with Gasteiger partial charge in [-0.25, -0.2) is 4.39 Å². The molecule has 0 aliphatic carbocycles. The monoisotopic (exact) mass is 226 g/mol. The van der Waals surface area contributed by atoms with Gasteiger partial charge in [-0.1, -0.05) is 17.7 Å². The highest BCUT2D eigenvalue weighted by molar-refractivity contribution is 5.26. The third-order valence-electron chi connectivity index (χ3n) is 2.90. The van der Waals surface area contributed by atoms with E-state index in [1.54, 1.807) is 12.1 Å². The van der Waals surface area contributed by atoms with Gasteiger partial charge in [0.1, 0.15) is 11.9 Å². The molecule has 1 fully saturated rings. The highest BCUT2D eigenvalue weighted by atomic mass is 19.1. The van der Waals surface area contributed by atoms with Crippen LogP contribution in [0.4, 0.5) is 4.39 Å². The second-order valence-electron chi connectivity index (χ2n) is 4.17. The molecule has 1 heterocycles. The summed E-state index contributed by atoms with van der Waals surface area (Å²) in [4.78, 5) is 0. The van der Waals surface area contributed by atoms with Gasteiger partial charge in [-0.15, -0.1) is 0 Å². The lowest BCUT2D eigenvalue weighted by atomic mass is 10.0. The molecule has 1 aliphatic rings. The molecule has 0 spiro atoms. The fourth-order valence-corrected chi connectivity index (χ4v) is 2.00. The molecule has 0 unspecified atom stereocenters. The SMILES string of the molecule is Cc1ccc(F)c([C@H]2C[C@H](O)[C@@H](CO)O2)c1. The van der Waals surface area contributed by atoms with Gasteiger partial charge in [0, 0.05) is 12.0 Å². The molecule has 1 aromatic rings. The number of aliphatic hydroxyl groups excluding tert-OH is 2. The summed E-state index contributed by atoms with van der Waals surface area (Å²) >= 11 is 0. The Labute approximate surface area is 93.5 Å². The van der Waals surface area contributed by atoms with Crippen molar-refractivity contribution in [2.45, 2.75) is 31.7 Å². The van der Waals surface area contributed by atoms with E-state index in [-0.39, 0.29) is 12.4 Å². The molecule has 16 heavy (non-hydrogen) atoms. The van der Waals surface area contributed by atoms with E-state index in [1.807, 2.05) is 6.92 Å². The summed E-state index contributed by atoms with van der Waals surface area (Å²) in [6.45, 7) is 1.63. The minimum Gasteiger partial charge on any atom is -0.394 e. The lowest BCUT2D eigenvalue weighted by molar-refractivity contribution is -0.0233. The Bertz CT molecular complexity index is 381. The van der Waals surface area contributed by atoms with Gasteiger partial charge in [0.2, 0.25) is 0 Å². The van der Waals surface area contributed by atoms with Crippen molar-refractivity contribution in [3.8, 4) is 0 Å². The average Bonchev–Trinajstić information content (AvgIpc) is 2.63. The fraction of sp³-hybridized carbons (Fsp3) is 0.500. The Morgan fingerprint density at radius 1 is 1.50 bits per heavy atom. The molecule has 88 valence electrons. The van der Waals surface area contributed by atoms with Crippen LogP contribution in [-0.2, 0) is 4.74 Å². The zero-order chi connectivity index (χ0) is 11.7. The van der Waals surface area contributed by atoms with Crippen LogP contribution in [0.5, 0.6) is 0 Å². The number of hydrogen-bond acceptors (Lipinski definition) is 3. The first-order valence-corrected chi connectivity index (χ1v) is 5.32. The minimum atomic E-state index is -0.727. The topological polar surface area (TPSA) is 49.7 Å². The fourth-order valence-electron chi connectivity index (χ4n) is 2.00. The van der Waals surface area contributed by atoms with Crippen molar-refractivity contribution in [3.05, 3.63) is 35.1 Å². The van der Waals surface area contributed by atoms with Crippen molar-refractivity contribution in [1.82, 2.24) is 0 Å². The van der Waals surface area contributed by atoms with E-state index >= 15 is 0 Å². The van der Waals surface area contributed by atoms with E-state index < -0.39 is 18.3 Å². The molecule has 0 bridgehead atoms. The average molecular weight is 226 g/mol. The van der Waals surface area contributed by atoms with Crippen molar-refractivity contribution in [2.24, 2.45) is 0 Å². The Morgan fingerprint density at radius 3 is 2.88 bits per heavy atom. The third-order valence-corrected chi connectivity index (χ3v) is 2.90. The molecule has 0 saturated carbocycles. The molecule has 3 atom stereocenters. The van der Waals surface area contributed by atoms with Gasteiger partial charge < -0.3 is 14.9 Å². The molecular weight excluding hydrogens is 211 g/mol. The van der Waals surface area contributed by atoms with Gasteiger partial charge in [-0.2, -0.15) is 0 Å². The molecular formula is C12H15FO3. The molecule has 2 N–H and O–H groups in total. The molecule has 1 saturated heterocycles. The maximum absolute atomic E-state index is 13.6.